The molecule has 4 rings (SSSR count). The first-order valence-corrected chi connectivity index (χ1v) is 6.85. The summed E-state index contributed by atoms with van der Waals surface area (Å²) in [5.41, 5.74) is 3.81. The summed E-state index contributed by atoms with van der Waals surface area (Å²) in [6.07, 6.45) is 5.43. The monoisotopic (exact) mass is 279 g/mol. The molecule has 104 valence electrons. The van der Waals surface area contributed by atoms with Gasteiger partial charge in [-0.1, -0.05) is 36.4 Å². The van der Waals surface area contributed by atoms with Gasteiger partial charge in [0, 0.05) is 12.0 Å². The molecule has 5 nitrogen and oxygen atoms in total. The van der Waals surface area contributed by atoms with Crippen LogP contribution in [0.3, 0.4) is 0 Å². The number of amides is 1. The van der Waals surface area contributed by atoms with E-state index in [1.54, 1.807) is 0 Å². The lowest BCUT2D eigenvalue weighted by Gasteiger charge is -2.17. The van der Waals surface area contributed by atoms with Crippen LogP contribution in [0.5, 0.6) is 0 Å². The summed E-state index contributed by atoms with van der Waals surface area (Å²) in [5, 5.41) is 21.0. The number of carbonyl (C=O) groups is 1. The largest absolute Gasteiger partial charge is 0.390 e. The zero-order valence-electron chi connectivity index (χ0n) is 11.2. The van der Waals surface area contributed by atoms with Crippen molar-refractivity contribution < 1.29 is 9.90 Å². The summed E-state index contributed by atoms with van der Waals surface area (Å²) >= 11 is 0. The Morgan fingerprint density at radius 2 is 2.14 bits per heavy atom. The van der Waals surface area contributed by atoms with E-state index < -0.39 is 12.1 Å². The van der Waals surface area contributed by atoms with Crippen molar-refractivity contribution in [2.75, 3.05) is 0 Å². The summed E-state index contributed by atoms with van der Waals surface area (Å²) in [7, 11) is 0. The van der Waals surface area contributed by atoms with Gasteiger partial charge in [-0.05, 0) is 17.2 Å². The topological polar surface area (TPSA) is 74.0 Å². The summed E-state index contributed by atoms with van der Waals surface area (Å²) in [6, 6.07) is 7.36. The number of rotatable bonds is 2. The van der Waals surface area contributed by atoms with Gasteiger partial charge >= 0.3 is 0 Å². The average molecular weight is 279 g/mol. The number of hydrogen-bond donors (Lipinski definition) is 2. The normalized spacial score (nSPS) is 25.1. The molecule has 21 heavy (non-hydrogen) atoms. The molecule has 0 saturated heterocycles. The maximum absolute atomic E-state index is 12.4. The van der Waals surface area contributed by atoms with Crippen LogP contribution in [-0.4, -0.2) is 28.5 Å². The summed E-state index contributed by atoms with van der Waals surface area (Å²) in [6.45, 7) is 0. The molecule has 0 fully saturated rings. The first-order valence-electron chi connectivity index (χ1n) is 6.85. The molecular formula is C16H13N3O2. The van der Waals surface area contributed by atoms with E-state index in [1.807, 2.05) is 42.5 Å². The fourth-order valence-corrected chi connectivity index (χ4v) is 2.98. The molecule has 2 aliphatic carbocycles. The maximum atomic E-state index is 12.4. The molecule has 1 amide bonds. The molecule has 1 aromatic carbocycles. The van der Waals surface area contributed by atoms with Gasteiger partial charge < -0.3 is 10.4 Å². The predicted molar refractivity (Wildman–Crippen MR) is 79.1 cm³/mol. The Kier molecular flexibility index (Phi) is 2.62. The third-order valence-electron chi connectivity index (χ3n) is 4.01. The minimum Gasteiger partial charge on any atom is -0.390 e. The third kappa shape index (κ3) is 1.86. The lowest BCUT2D eigenvalue weighted by atomic mass is 10.1. The first kappa shape index (κ1) is 12.2. The molecule has 1 aliphatic heterocycles. The van der Waals surface area contributed by atoms with E-state index >= 15 is 0 Å². The van der Waals surface area contributed by atoms with Gasteiger partial charge in [0.15, 0.2) is 5.71 Å². The van der Waals surface area contributed by atoms with Crippen molar-refractivity contribution in [1.29, 1.82) is 0 Å². The Balaban J connectivity index is 1.56. The summed E-state index contributed by atoms with van der Waals surface area (Å²) in [4.78, 5) is 12.4. The highest BCUT2D eigenvalue weighted by atomic mass is 16.3. The fraction of sp³-hybridized carbons (Fsp3) is 0.188. The fourth-order valence-electron chi connectivity index (χ4n) is 2.98. The van der Waals surface area contributed by atoms with Gasteiger partial charge in [-0.15, -0.1) is 10.2 Å². The van der Waals surface area contributed by atoms with Crippen molar-refractivity contribution in [3.05, 3.63) is 59.2 Å². The number of fused-ring (bicyclic) bond motifs is 2. The molecule has 0 bridgehead atoms. The molecule has 3 aliphatic rings. The molecule has 0 radical (unpaired) electrons. The molecule has 2 N–H and O–H groups in total. The average Bonchev–Trinajstić information content (AvgIpc) is 3.14. The van der Waals surface area contributed by atoms with E-state index in [-0.39, 0.29) is 5.91 Å². The van der Waals surface area contributed by atoms with E-state index in [9.17, 15) is 9.90 Å². The zero-order chi connectivity index (χ0) is 14.4. The van der Waals surface area contributed by atoms with Gasteiger partial charge in [-0.2, -0.15) is 0 Å². The number of aliphatic hydroxyl groups is 1. The van der Waals surface area contributed by atoms with Gasteiger partial charge in [-0.3, -0.25) is 4.79 Å². The first-order chi connectivity index (χ1) is 10.2. The van der Waals surface area contributed by atoms with Crippen molar-refractivity contribution in [2.45, 2.75) is 18.6 Å². The van der Waals surface area contributed by atoms with Crippen LogP contribution >= 0.6 is 0 Å². The Bertz CT molecular complexity index is 759. The second kappa shape index (κ2) is 4.49. The molecule has 1 aromatic rings. The van der Waals surface area contributed by atoms with E-state index in [1.165, 1.54) is 0 Å². The van der Waals surface area contributed by atoms with Gasteiger partial charge in [0.25, 0.3) is 5.91 Å². The molecule has 1 heterocycles. The van der Waals surface area contributed by atoms with Crippen molar-refractivity contribution in [3.63, 3.8) is 0 Å². The Labute approximate surface area is 121 Å². The smallest absolute Gasteiger partial charge is 0.273 e. The highest BCUT2D eigenvalue weighted by Crippen LogP contribution is 2.31. The molecule has 5 heteroatoms. The lowest BCUT2D eigenvalue weighted by Crippen LogP contribution is -2.38. The van der Waals surface area contributed by atoms with Gasteiger partial charge in [0.1, 0.15) is 0 Å². The van der Waals surface area contributed by atoms with Crippen LogP contribution in [-0.2, 0) is 11.2 Å². The predicted octanol–water partition coefficient (Wildman–Crippen LogP) is 1.07. The number of benzene rings is 1. The summed E-state index contributed by atoms with van der Waals surface area (Å²) in [5.74, 6) is -0.301. The number of nitrogens with one attached hydrogen (secondary N) is 1. The van der Waals surface area contributed by atoms with E-state index in [4.69, 9.17) is 0 Å². The highest BCUT2D eigenvalue weighted by Gasteiger charge is 2.34. The minimum atomic E-state index is -0.607. The van der Waals surface area contributed by atoms with Crippen LogP contribution in [0.25, 0.3) is 0 Å². The van der Waals surface area contributed by atoms with Crippen molar-refractivity contribution >= 4 is 17.3 Å². The second-order valence-electron chi connectivity index (χ2n) is 5.29. The van der Waals surface area contributed by atoms with Crippen molar-refractivity contribution in [2.24, 2.45) is 10.2 Å². The van der Waals surface area contributed by atoms with Crippen molar-refractivity contribution in [1.82, 2.24) is 5.32 Å². The molecule has 0 spiro atoms. The van der Waals surface area contributed by atoms with Crippen LogP contribution in [0.4, 0.5) is 0 Å². The SMILES string of the molecule is O=C(N[C@@H]1c2ccccc2C[C@@H]1O)C1=NN=C2C=CC=C21. The number of hydrogen-bond acceptors (Lipinski definition) is 4. The Morgan fingerprint density at radius 3 is 3.05 bits per heavy atom. The highest BCUT2D eigenvalue weighted by molar-refractivity contribution is 6.54. The summed E-state index contributed by atoms with van der Waals surface area (Å²) < 4.78 is 0. The molecule has 0 saturated carbocycles. The second-order valence-corrected chi connectivity index (χ2v) is 5.29. The van der Waals surface area contributed by atoms with E-state index in [0.29, 0.717) is 17.8 Å². The molecule has 2 atom stereocenters. The Hall–Kier alpha value is -2.53. The molecule has 0 aromatic heterocycles. The number of aliphatic hydroxyl groups excluding tert-OH is 1. The van der Waals surface area contributed by atoms with Crippen LogP contribution < -0.4 is 5.32 Å². The van der Waals surface area contributed by atoms with E-state index in [2.05, 4.69) is 15.5 Å². The molecule has 0 unspecified atom stereocenters. The maximum Gasteiger partial charge on any atom is 0.273 e. The lowest BCUT2D eigenvalue weighted by molar-refractivity contribution is -0.116. The van der Waals surface area contributed by atoms with Crippen LogP contribution in [0.2, 0.25) is 0 Å². The van der Waals surface area contributed by atoms with Crippen LogP contribution in [0.1, 0.15) is 17.2 Å². The molecular weight excluding hydrogens is 266 g/mol. The number of carbonyl (C=O) groups excluding carboxylic acids is 1. The number of allylic oxidation sites excluding steroid dienone is 3. The van der Waals surface area contributed by atoms with Gasteiger partial charge in [0.05, 0.1) is 17.9 Å². The Morgan fingerprint density at radius 1 is 1.29 bits per heavy atom. The van der Waals surface area contributed by atoms with Gasteiger partial charge in [-0.25, -0.2) is 0 Å². The van der Waals surface area contributed by atoms with Crippen molar-refractivity contribution in [3.8, 4) is 0 Å². The minimum absolute atomic E-state index is 0.301. The van der Waals surface area contributed by atoms with E-state index in [0.717, 1.165) is 16.7 Å². The van der Waals surface area contributed by atoms with Crippen LogP contribution in [0.15, 0.2) is 58.3 Å². The number of nitrogens with zero attached hydrogens (tertiary/aromatic N) is 2. The van der Waals surface area contributed by atoms with Gasteiger partial charge in [0.2, 0.25) is 0 Å². The standard InChI is InChI=1S/C16H13N3O2/c20-13-8-9-4-1-2-5-10(9)14(13)17-16(21)15-11-6-3-7-12(11)18-19-15/h1-7,13-14,20H,8H2,(H,17,21)/t13-,14+/m0/s1. The van der Waals surface area contributed by atoms with Crippen LogP contribution in [0, 0.1) is 0 Å². The third-order valence-corrected chi connectivity index (χ3v) is 4.01. The zero-order valence-corrected chi connectivity index (χ0v) is 11.2. The quantitative estimate of drug-likeness (QED) is 0.849.